The molecule has 2 heterocycles. The average Bonchev–Trinajstić information content (AvgIpc) is 3.22. The lowest BCUT2D eigenvalue weighted by molar-refractivity contribution is 0.0948. The summed E-state index contributed by atoms with van der Waals surface area (Å²) in [7, 11) is 1.75. The van der Waals surface area contributed by atoms with Crippen LogP contribution in [0.1, 0.15) is 28.3 Å². The van der Waals surface area contributed by atoms with Crippen molar-refractivity contribution in [2.75, 3.05) is 20.1 Å². The monoisotopic (exact) mass is 321 g/mol. The molecule has 0 bridgehead atoms. The number of rotatable bonds is 6. The highest BCUT2D eigenvalue weighted by Gasteiger charge is 2.17. The minimum absolute atomic E-state index is 0.0135. The van der Waals surface area contributed by atoms with Gasteiger partial charge in [0, 0.05) is 31.2 Å². The van der Waals surface area contributed by atoms with Crippen molar-refractivity contribution in [2.45, 2.75) is 13.0 Å². The molecule has 8 heteroatoms. The number of urea groups is 1. The van der Waals surface area contributed by atoms with Crippen LogP contribution in [0, 0.1) is 0 Å². The molecule has 0 saturated heterocycles. The number of hydrogen-bond acceptors (Lipinski definition) is 4. The average molecular weight is 321 g/mol. The standard InChI is InChI=1S/C14H19N5O2S/c1-10(12-4-3-9-22-12)19(2)14(21)16-8-7-15-13(20)11-5-6-17-18-11/h3-6,9-10H,7-8H2,1-2H3,(H,15,20)(H,16,21)(H,17,18)/t10-/m0/s1. The van der Waals surface area contributed by atoms with Crippen molar-refractivity contribution < 1.29 is 9.59 Å². The lowest BCUT2D eigenvalue weighted by atomic mass is 10.2. The number of nitrogens with one attached hydrogen (secondary N) is 3. The van der Waals surface area contributed by atoms with Gasteiger partial charge in [-0.05, 0) is 24.4 Å². The van der Waals surface area contributed by atoms with Crippen LogP contribution in [-0.2, 0) is 0 Å². The first-order valence-corrected chi connectivity index (χ1v) is 7.79. The summed E-state index contributed by atoms with van der Waals surface area (Å²) >= 11 is 1.62. The zero-order valence-corrected chi connectivity index (χ0v) is 13.3. The Balaban J connectivity index is 1.70. The third-order valence-corrected chi connectivity index (χ3v) is 4.33. The summed E-state index contributed by atoms with van der Waals surface area (Å²) in [6, 6.07) is 5.40. The SMILES string of the molecule is C[C@@H](c1cccs1)N(C)C(=O)NCCNC(=O)c1ccn[nH]1. The van der Waals surface area contributed by atoms with E-state index < -0.39 is 0 Å². The van der Waals surface area contributed by atoms with Gasteiger partial charge >= 0.3 is 6.03 Å². The molecule has 0 aliphatic rings. The van der Waals surface area contributed by atoms with Crippen molar-refractivity contribution in [3.05, 3.63) is 40.3 Å². The quantitative estimate of drug-likeness (QED) is 0.706. The van der Waals surface area contributed by atoms with Crippen LogP contribution in [0.15, 0.2) is 29.8 Å². The molecule has 3 amide bonds. The molecule has 0 fully saturated rings. The van der Waals surface area contributed by atoms with E-state index in [0.29, 0.717) is 18.8 Å². The Kier molecular flexibility index (Phi) is 5.54. The molecule has 3 N–H and O–H groups in total. The number of amides is 3. The molecule has 0 saturated carbocycles. The highest BCUT2D eigenvalue weighted by Crippen LogP contribution is 2.23. The van der Waals surface area contributed by atoms with Gasteiger partial charge in [0.1, 0.15) is 5.69 Å². The molecule has 118 valence electrons. The number of aromatic nitrogens is 2. The number of thiophene rings is 1. The maximum Gasteiger partial charge on any atom is 0.317 e. The van der Waals surface area contributed by atoms with Crippen LogP contribution >= 0.6 is 11.3 Å². The first-order valence-electron chi connectivity index (χ1n) is 6.91. The van der Waals surface area contributed by atoms with E-state index in [0.717, 1.165) is 4.88 Å². The molecule has 0 unspecified atom stereocenters. The number of nitrogens with zero attached hydrogens (tertiary/aromatic N) is 2. The fourth-order valence-electron chi connectivity index (χ4n) is 1.84. The van der Waals surface area contributed by atoms with Crippen molar-refractivity contribution in [3.8, 4) is 0 Å². The van der Waals surface area contributed by atoms with Gasteiger partial charge in [-0.2, -0.15) is 5.10 Å². The van der Waals surface area contributed by atoms with Crippen molar-refractivity contribution in [1.82, 2.24) is 25.7 Å². The Hall–Kier alpha value is -2.35. The van der Waals surface area contributed by atoms with Gasteiger partial charge in [-0.25, -0.2) is 4.79 Å². The van der Waals surface area contributed by atoms with Gasteiger partial charge in [-0.1, -0.05) is 6.07 Å². The summed E-state index contributed by atoms with van der Waals surface area (Å²) in [6.45, 7) is 2.69. The predicted octanol–water partition coefficient (Wildman–Crippen LogP) is 1.60. The first-order chi connectivity index (χ1) is 10.6. The molecule has 0 aliphatic carbocycles. The van der Waals surface area contributed by atoms with Crippen LogP contribution in [0.4, 0.5) is 4.79 Å². The Morgan fingerprint density at radius 2 is 2.14 bits per heavy atom. The summed E-state index contributed by atoms with van der Waals surface area (Å²) in [5.41, 5.74) is 0.398. The maximum atomic E-state index is 12.0. The molecular weight excluding hydrogens is 302 g/mol. The molecule has 0 radical (unpaired) electrons. The molecule has 1 atom stereocenters. The molecule has 22 heavy (non-hydrogen) atoms. The van der Waals surface area contributed by atoms with Gasteiger partial charge in [0.25, 0.3) is 5.91 Å². The molecule has 7 nitrogen and oxygen atoms in total. The van der Waals surface area contributed by atoms with Crippen LogP contribution in [-0.4, -0.2) is 47.2 Å². The van der Waals surface area contributed by atoms with Crippen molar-refractivity contribution in [3.63, 3.8) is 0 Å². The van der Waals surface area contributed by atoms with Crippen LogP contribution < -0.4 is 10.6 Å². The van der Waals surface area contributed by atoms with E-state index in [2.05, 4.69) is 20.8 Å². The summed E-state index contributed by atoms with van der Waals surface area (Å²) in [6.07, 6.45) is 1.51. The van der Waals surface area contributed by atoms with E-state index in [1.54, 1.807) is 29.4 Å². The lowest BCUT2D eigenvalue weighted by Gasteiger charge is -2.24. The number of H-pyrrole nitrogens is 1. The minimum atomic E-state index is -0.243. The second-order valence-electron chi connectivity index (χ2n) is 4.76. The molecular formula is C14H19N5O2S. The Morgan fingerprint density at radius 3 is 2.77 bits per heavy atom. The molecule has 2 aromatic rings. The second-order valence-corrected chi connectivity index (χ2v) is 5.74. The predicted molar refractivity (Wildman–Crippen MR) is 84.8 cm³/mol. The fourth-order valence-corrected chi connectivity index (χ4v) is 2.67. The van der Waals surface area contributed by atoms with Crippen molar-refractivity contribution in [2.24, 2.45) is 0 Å². The zero-order chi connectivity index (χ0) is 15.9. The molecule has 2 rings (SSSR count). The van der Waals surface area contributed by atoms with Gasteiger partial charge in [0.2, 0.25) is 0 Å². The van der Waals surface area contributed by atoms with E-state index in [1.807, 2.05) is 24.4 Å². The largest absolute Gasteiger partial charge is 0.349 e. The molecule has 0 aliphatic heterocycles. The molecule has 2 aromatic heterocycles. The van der Waals surface area contributed by atoms with Crippen LogP contribution in [0.3, 0.4) is 0 Å². The normalized spacial score (nSPS) is 11.7. The van der Waals surface area contributed by atoms with Crippen LogP contribution in [0.5, 0.6) is 0 Å². The zero-order valence-electron chi connectivity index (χ0n) is 12.5. The van der Waals surface area contributed by atoms with Crippen LogP contribution in [0.25, 0.3) is 0 Å². The van der Waals surface area contributed by atoms with E-state index in [4.69, 9.17) is 0 Å². The van der Waals surface area contributed by atoms with E-state index in [1.165, 1.54) is 6.20 Å². The third kappa shape index (κ3) is 4.08. The third-order valence-electron chi connectivity index (χ3n) is 3.29. The van der Waals surface area contributed by atoms with Gasteiger partial charge in [0.05, 0.1) is 6.04 Å². The molecule has 0 aromatic carbocycles. The Labute approximate surface area is 132 Å². The number of hydrogen-bond donors (Lipinski definition) is 3. The van der Waals surface area contributed by atoms with Crippen LogP contribution in [0.2, 0.25) is 0 Å². The van der Waals surface area contributed by atoms with Crippen molar-refractivity contribution >= 4 is 23.3 Å². The smallest absolute Gasteiger partial charge is 0.317 e. The summed E-state index contributed by atoms with van der Waals surface area (Å²) < 4.78 is 0. The first kappa shape index (κ1) is 16.0. The Bertz CT molecular complexity index is 597. The molecule has 0 spiro atoms. The van der Waals surface area contributed by atoms with Crippen molar-refractivity contribution in [1.29, 1.82) is 0 Å². The van der Waals surface area contributed by atoms with E-state index >= 15 is 0 Å². The second kappa shape index (κ2) is 7.60. The number of aromatic amines is 1. The van der Waals surface area contributed by atoms with Gasteiger partial charge in [-0.15, -0.1) is 11.3 Å². The maximum absolute atomic E-state index is 12.0. The minimum Gasteiger partial charge on any atom is -0.349 e. The lowest BCUT2D eigenvalue weighted by Crippen LogP contribution is -2.42. The highest BCUT2D eigenvalue weighted by atomic mass is 32.1. The van der Waals surface area contributed by atoms with E-state index in [-0.39, 0.29) is 18.0 Å². The topological polar surface area (TPSA) is 90.1 Å². The highest BCUT2D eigenvalue weighted by molar-refractivity contribution is 7.10. The summed E-state index contributed by atoms with van der Waals surface area (Å²) in [5, 5.41) is 13.7. The van der Waals surface area contributed by atoms with E-state index in [9.17, 15) is 9.59 Å². The van der Waals surface area contributed by atoms with Gasteiger partial charge in [0.15, 0.2) is 0 Å². The van der Waals surface area contributed by atoms with Gasteiger partial charge < -0.3 is 15.5 Å². The Morgan fingerprint density at radius 1 is 1.36 bits per heavy atom. The number of carbonyl (C=O) groups is 2. The summed E-state index contributed by atoms with van der Waals surface area (Å²) in [5.74, 6) is -0.243. The number of carbonyl (C=O) groups excluding carboxylic acids is 2. The van der Waals surface area contributed by atoms with Gasteiger partial charge in [-0.3, -0.25) is 9.89 Å². The fraction of sp³-hybridized carbons (Fsp3) is 0.357. The summed E-state index contributed by atoms with van der Waals surface area (Å²) in [4.78, 5) is 26.5.